The van der Waals surface area contributed by atoms with Crippen LogP contribution in [0.25, 0.3) is 0 Å². The molecule has 1 aliphatic rings. The molecule has 0 radical (unpaired) electrons. The second-order valence-electron chi connectivity index (χ2n) is 3.76. The van der Waals surface area contributed by atoms with Gasteiger partial charge in [0.15, 0.2) is 0 Å². The van der Waals surface area contributed by atoms with Crippen molar-refractivity contribution >= 4 is 17.7 Å². The molecule has 1 fully saturated rings. The fraction of sp³-hybridized carbons (Fsp3) is 0.889. The smallest absolute Gasteiger partial charge is 0.321 e. The minimum absolute atomic E-state index is 0.0577. The number of rotatable bonds is 3. The highest BCUT2D eigenvalue weighted by atomic mass is 32.2. The number of hydrogen-bond donors (Lipinski definition) is 2. The predicted octanol–water partition coefficient (Wildman–Crippen LogP) is 1.54. The van der Waals surface area contributed by atoms with E-state index >= 15 is 0 Å². The minimum atomic E-state index is -0.737. The highest BCUT2D eigenvalue weighted by Gasteiger charge is 2.41. The molecule has 13 heavy (non-hydrogen) atoms. The van der Waals surface area contributed by atoms with E-state index in [0.717, 1.165) is 6.42 Å². The Labute approximate surface area is 83.3 Å². The van der Waals surface area contributed by atoms with E-state index in [0.29, 0.717) is 11.7 Å². The van der Waals surface area contributed by atoms with E-state index in [1.165, 1.54) is 0 Å². The van der Waals surface area contributed by atoms with Gasteiger partial charge in [-0.3, -0.25) is 10.1 Å². The first-order valence-corrected chi connectivity index (χ1v) is 5.62. The van der Waals surface area contributed by atoms with E-state index < -0.39 is 5.97 Å². The lowest BCUT2D eigenvalue weighted by Gasteiger charge is -2.30. The first-order chi connectivity index (χ1) is 5.99. The van der Waals surface area contributed by atoms with E-state index in [1.807, 2.05) is 0 Å². The molecular weight excluding hydrogens is 186 g/mol. The maximum Gasteiger partial charge on any atom is 0.321 e. The van der Waals surface area contributed by atoms with Crippen LogP contribution in [0.3, 0.4) is 0 Å². The monoisotopic (exact) mass is 203 g/mol. The molecule has 1 aliphatic heterocycles. The molecule has 0 saturated carbocycles. The number of nitrogens with one attached hydrogen (secondary N) is 1. The van der Waals surface area contributed by atoms with E-state index in [9.17, 15) is 4.79 Å². The Morgan fingerprint density at radius 3 is 2.85 bits per heavy atom. The van der Waals surface area contributed by atoms with Gasteiger partial charge in [-0.15, -0.1) is 11.8 Å². The van der Waals surface area contributed by atoms with Crippen molar-refractivity contribution in [3.05, 3.63) is 0 Å². The Kier molecular flexibility index (Phi) is 3.24. The second kappa shape index (κ2) is 3.88. The van der Waals surface area contributed by atoms with Crippen LogP contribution in [0.5, 0.6) is 0 Å². The average molecular weight is 203 g/mol. The summed E-state index contributed by atoms with van der Waals surface area (Å²) in [5, 5.41) is 12.0. The highest BCUT2D eigenvalue weighted by Crippen LogP contribution is 2.37. The van der Waals surface area contributed by atoms with Crippen molar-refractivity contribution in [1.29, 1.82) is 0 Å². The van der Waals surface area contributed by atoms with Crippen molar-refractivity contribution in [2.75, 3.05) is 5.75 Å². The van der Waals surface area contributed by atoms with Gasteiger partial charge in [0.1, 0.15) is 6.04 Å². The molecular formula is C9H17NO2S. The van der Waals surface area contributed by atoms with Crippen molar-refractivity contribution < 1.29 is 9.90 Å². The minimum Gasteiger partial charge on any atom is -0.480 e. The Hall–Kier alpha value is -0.220. The van der Waals surface area contributed by atoms with Gasteiger partial charge in [0.25, 0.3) is 0 Å². The van der Waals surface area contributed by atoms with Crippen molar-refractivity contribution in [1.82, 2.24) is 5.32 Å². The van der Waals surface area contributed by atoms with E-state index in [-0.39, 0.29) is 10.9 Å². The predicted molar refractivity (Wildman–Crippen MR) is 54.9 cm³/mol. The molecule has 0 amide bonds. The topological polar surface area (TPSA) is 49.3 Å². The Balaban J connectivity index is 2.60. The number of carboxylic acid groups (broad SMARTS) is 1. The van der Waals surface area contributed by atoms with Crippen LogP contribution < -0.4 is 5.32 Å². The summed E-state index contributed by atoms with van der Waals surface area (Å²) in [6.45, 7) is 6.38. The molecule has 1 rings (SSSR count). The van der Waals surface area contributed by atoms with Gasteiger partial charge in [0, 0.05) is 5.75 Å². The zero-order valence-corrected chi connectivity index (χ0v) is 9.15. The summed E-state index contributed by atoms with van der Waals surface area (Å²) in [6.07, 6.45) is 1.07. The number of carbonyl (C=O) groups is 1. The lowest BCUT2D eigenvalue weighted by atomic mass is 9.99. The number of hydrogen-bond acceptors (Lipinski definition) is 3. The summed E-state index contributed by atoms with van der Waals surface area (Å²) in [4.78, 5) is 10.7. The second-order valence-corrected chi connectivity index (χ2v) is 5.23. The standard InChI is InChI=1S/C9H17NO2S/c1-4-6(2)9(3)10-7(5-13-9)8(11)12/h6-7,10H,4-5H2,1-3H3,(H,11,12)/t6?,7-,9?/m0/s1. The largest absolute Gasteiger partial charge is 0.480 e. The van der Waals surface area contributed by atoms with Crippen molar-refractivity contribution in [2.45, 2.75) is 38.1 Å². The fourth-order valence-corrected chi connectivity index (χ4v) is 2.91. The van der Waals surface area contributed by atoms with Gasteiger partial charge in [0.2, 0.25) is 0 Å². The molecule has 1 heterocycles. The van der Waals surface area contributed by atoms with Crippen LogP contribution in [0.15, 0.2) is 0 Å². The molecule has 2 unspecified atom stereocenters. The van der Waals surface area contributed by atoms with Gasteiger partial charge in [-0.1, -0.05) is 20.3 Å². The van der Waals surface area contributed by atoms with E-state index in [2.05, 4.69) is 26.1 Å². The molecule has 0 spiro atoms. The lowest BCUT2D eigenvalue weighted by Crippen LogP contribution is -2.46. The van der Waals surface area contributed by atoms with Crippen LogP contribution in [-0.2, 0) is 4.79 Å². The zero-order valence-electron chi connectivity index (χ0n) is 8.33. The van der Waals surface area contributed by atoms with E-state index in [1.54, 1.807) is 11.8 Å². The third-order valence-electron chi connectivity index (χ3n) is 2.86. The molecule has 0 bridgehead atoms. The van der Waals surface area contributed by atoms with Gasteiger partial charge in [-0.25, -0.2) is 0 Å². The van der Waals surface area contributed by atoms with Gasteiger partial charge in [-0.05, 0) is 12.8 Å². The molecule has 0 aliphatic carbocycles. The molecule has 0 aromatic rings. The summed E-state index contributed by atoms with van der Waals surface area (Å²) >= 11 is 1.72. The van der Waals surface area contributed by atoms with Crippen LogP contribution in [0.1, 0.15) is 27.2 Å². The lowest BCUT2D eigenvalue weighted by molar-refractivity contribution is -0.138. The molecule has 1 saturated heterocycles. The fourth-order valence-electron chi connectivity index (χ4n) is 1.49. The normalized spacial score (nSPS) is 36.1. The summed E-state index contributed by atoms with van der Waals surface area (Å²) < 4.78 is 0. The first-order valence-electron chi connectivity index (χ1n) is 4.64. The van der Waals surface area contributed by atoms with Gasteiger partial charge in [-0.2, -0.15) is 0 Å². The highest BCUT2D eigenvalue weighted by molar-refractivity contribution is 8.00. The first kappa shape index (κ1) is 10.9. The zero-order chi connectivity index (χ0) is 10.1. The third kappa shape index (κ3) is 2.17. The number of aliphatic carboxylic acids is 1. The van der Waals surface area contributed by atoms with Crippen LogP contribution in [-0.4, -0.2) is 27.7 Å². The molecule has 3 nitrogen and oxygen atoms in total. The maximum atomic E-state index is 10.7. The van der Waals surface area contributed by atoms with E-state index in [4.69, 9.17) is 5.11 Å². The summed E-state index contributed by atoms with van der Waals surface area (Å²) in [6, 6.07) is -0.371. The summed E-state index contributed by atoms with van der Waals surface area (Å²) in [5.74, 6) is 0.442. The van der Waals surface area contributed by atoms with Crippen molar-refractivity contribution in [3.63, 3.8) is 0 Å². The molecule has 4 heteroatoms. The number of thioether (sulfide) groups is 1. The molecule has 0 aromatic heterocycles. The third-order valence-corrected chi connectivity index (χ3v) is 4.48. The molecule has 76 valence electrons. The molecule has 3 atom stereocenters. The Bertz CT molecular complexity index is 210. The summed E-state index contributed by atoms with van der Waals surface area (Å²) in [7, 11) is 0. The quantitative estimate of drug-likeness (QED) is 0.730. The van der Waals surface area contributed by atoms with Crippen LogP contribution in [0.2, 0.25) is 0 Å². The maximum absolute atomic E-state index is 10.7. The van der Waals surface area contributed by atoms with Crippen LogP contribution in [0, 0.1) is 5.92 Å². The van der Waals surface area contributed by atoms with Gasteiger partial charge >= 0.3 is 5.97 Å². The van der Waals surface area contributed by atoms with Crippen molar-refractivity contribution in [3.8, 4) is 0 Å². The molecule has 0 aromatic carbocycles. The SMILES string of the molecule is CCC(C)C1(C)N[C@H](C(=O)O)CS1. The van der Waals surface area contributed by atoms with Crippen LogP contribution in [0.4, 0.5) is 0 Å². The van der Waals surface area contributed by atoms with Gasteiger partial charge in [0.05, 0.1) is 4.87 Å². The Morgan fingerprint density at radius 1 is 1.85 bits per heavy atom. The van der Waals surface area contributed by atoms with Crippen LogP contribution >= 0.6 is 11.8 Å². The van der Waals surface area contributed by atoms with Crippen molar-refractivity contribution in [2.24, 2.45) is 5.92 Å². The Morgan fingerprint density at radius 2 is 2.46 bits per heavy atom. The number of carboxylic acids is 1. The summed E-state index contributed by atoms with van der Waals surface area (Å²) in [5.41, 5.74) is 0. The molecule has 2 N–H and O–H groups in total. The average Bonchev–Trinajstić information content (AvgIpc) is 2.48. The van der Waals surface area contributed by atoms with Gasteiger partial charge < -0.3 is 5.11 Å².